The molecule has 1 heterocycles. The summed E-state index contributed by atoms with van der Waals surface area (Å²) < 4.78 is 24.8. The van der Waals surface area contributed by atoms with Gasteiger partial charge in [0.1, 0.15) is 5.82 Å². The highest BCUT2D eigenvalue weighted by molar-refractivity contribution is 5.87. The Hall–Kier alpha value is -4.18. The summed E-state index contributed by atoms with van der Waals surface area (Å²) in [5.74, 6) is 1.05. The highest BCUT2D eigenvalue weighted by Gasteiger charge is 2.16. The molecule has 0 saturated heterocycles. The van der Waals surface area contributed by atoms with Crippen molar-refractivity contribution in [2.75, 3.05) is 14.2 Å². The molecule has 3 nitrogen and oxygen atoms in total. The maximum absolute atomic E-state index is 13.4. The van der Waals surface area contributed by atoms with Crippen molar-refractivity contribution in [1.82, 2.24) is 4.98 Å². The lowest BCUT2D eigenvalue weighted by Crippen LogP contribution is -1.95. The number of halogens is 1. The van der Waals surface area contributed by atoms with E-state index in [0.29, 0.717) is 11.5 Å². The van der Waals surface area contributed by atoms with Crippen LogP contribution in [0.1, 0.15) is 0 Å². The third-order valence-corrected chi connectivity index (χ3v) is 5.75. The molecule has 0 atom stereocenters. The maximum Gasteiger partial charge on any atom is 0.168 e. The molecule has 0 aliphatic heterocycles. The van der Waals surface area contributed by atoms with Crippen molar-refractivity contribution in [3.05, 3.63) is 103 Å². The van der Waals surface area contributed by atoms with Gasteiger partial charge in [-0.15, -0.1) is 0 Å². The first kappa shape index (κ1) is 20.7. The third kappa shape index (κ3) is 4.03. The second-order valence-corrected chi connectivity index (χ2v) is 7.76. The minimum atomic E-state index is -0.252. The number of hydrogen-bond acceptors (Lipinski definition) is 3. The molecule has 0 bridgehead atoms. The zero-order valence-corrected chi connectivity index (χ0v) is 18.4. The predicted octanol–water partition coefficient (Wildman–Crippen LogP) is 7.39. The number of rotatable bonds is 5. The highest BCUT2D eigenvalue weighted by Crippen LogP contribution is 2.43. The van der Waals surface area contributed by atoms with Crippen LogP contribution in [0.4, 0.5) is 4.39 Å². The van der Waals surface area contributed by atoms with Crippen LogP contribution in [0.25, 0.3) is 44.3 Å². The molecule has 0 aliphatic carbocycles. The number of benzene rings is 4. The van der Waals surface area contributed by atoms with Crippen molar-refractivity contribution in [1.29, 1.82) is 0 Å². The van der Waals surface area contributed by atoms with Gasteiger partial charge < -0.3 is 9.47 Å². The number of fused-ring (bicyclic) bond motifs is 1. The van der Waals surface area contributed by atoms with E-state index in [1.54, 1.807) is 26.4 Å². The number of nitrogens with zero attached hydrogens (tertiary/aromatic N) is 1. The Labute approximate surface area is 192 Å². The van der Waals surface area contributed by atoms with Crippen LogP contribution in [0.2, 0.25) is 0 Å². The van der Waals surface area contributed by atoms with Crippen LogP contribution < -0.4 is 9.47 Å². The monoisotopic (exact) mass is 435 g/mol. The van der Waals surface area contributed by atoms with E-state index in [4.69, 9.17) is 9.47 Å². The predicted molar refractivity (Wildman–Crippen MR) is 131 cm³/mol. The molecule has 0 spiro atoms. The van der Waals surface area contributed by atoms with Gasteiger partial charge in [0.15, 0.2) is 11.5 Å². The van der Waals surface area contributed by atoms with Crippen molar-refractivity contribution in [2.24, 2.45) is 0 Å². The molecule has 0 amide bonds. The first-order chi connectivity index (χ1) is 16.2. The van der Waals surface area contributed by atoms with Gasteiger partial charge in [-0.3, -0.25) is 4.98 Å². The van der Waals surface area contributed by atoms with Crippen molar-refractivity contribution in [3.8, 4) is 44.9 Å². The van der Waals surface area contributed by atoms with Crippen LogP contribution in [0.3, 0.4) is 0 Å². The van der Waals surface area contributed by atoms with E-state index in [1.807, 2.05) is 48.7 Å². The van der Waals surface area contributed by atoms with E-state index in [-0.39, 0.29) is 5.82 Å². The summed E-state index contributed by atoms with van der Waals surface area (Å²) in [6, 6.07) is 28.9. The van der Waals surface area contributed by atoms with Gasteiger partial charge in [-0.05, 0) is 64.7 Å². The Balaban J connectivity index is 1.66. The number of ether oxygens (including phenoxy) is 2. The summed E-state index contributed by atoms with van der Waals surface area (Å²) >= 11 is 0. The molecule has 1 aromatic heterocycles. The fourth-order valence-corrected chi connectivity index (χ4v) is 4.08. The number of methoxy groups -OCH3 is 2. The van der Waals surface area contributed by atoms with Crippen molar-refractivity contribution < 1.29 is 13.9 Å². The normalized spacial score (nSPS) is 10.9. The molecule has 0 fully saturated rings. The summed E-state index contributed by atoms with van der Waals surface area (Å²) in [5.41, 5.74) is 6.74. The SMILES string of the molecule is COc1cc(-c2cnc3ccccc3c2)cc(-c2cccc(-c3ccc(F)cc3)c2)c1OC. The number of para-hydroxylation sites is 1. The summed E-state index contributed by atoms with van der Waals surface area (Å²) in [6.45, 7) is 0. The van der Waals surface area contributed by atoms with E-state index in [0.717, 1.165) is 44.3 Å². The van der Waals surface area contributed by atoms with Crippen LogP contribution in [-0.4, -0.2) is 19.2 Å². The molecule has 0 aliphatic rings. The minimum Gasteiger partial charge on any atom is -0.493 e. The average molecular weight is 435 g/mol. The van der Waals surface area contributed by atoms with Crippen molar-refractivity contribution in [3.63, 3.8) is 0 Å². The molecule has 4 aromatic carbocycles. The van der Waals surface area contributed by atoms with E-state index < -0.39 is 0 Å². The lowest BCUT2D eigenvalue weighted by Gasteiger charge is -2.16. The van der Waals surface area contributed by atoms with Gasteiger partial charge >= 0.3 is 0 Å². The van der Waals surface area contributed by atoms with Crippen molar-refractivity contribution in [2.45, 2.75) is 0 Å². The molecule has 0 saturated carbocycles. The fraction of sp³-hybridized carbons (Fsp3) is 0.0690. The molecular formula is C29H22FNO2. The topological polar surface area (TPSA) is 31.4 Å². The average Bonchev–Trinajstić information content (AvgIpc) is 2.88. The Morgan fingerprint density at radius 1 is 0.636 bits per heavy atom. The van der Waals surface area contributed by atoms with Gasteiger partial charge in [0.05, 0.1) is 19.7 Å². The summed E-state index contributed by atoms with van der Waals surface area (Å²) in [6.07, 6.45) is 1.88. The largest absolute Gasteiger partial charge is 0.493 e. The molecule has 33 heavy (non-hydrogen) atoms. The van der Waals surface area contributed by atoms with Gasteiger partial charge in [-0.25, -0.2) is 4.39 Å². The zero-order chi connectivity index (χ0) is 22.8. The van der Waals surface area contributed by atoms with Gasteiger partial charge in [0.25, 0.3) is 0 Å². The van der Waals surface area contributed by atoms with Gasteiger partial charge in [-0.1, -0.05) is 48.5 Å². The molecule has 5 aromatic rings. The minimum absolute atomic E-state index is 0.252. The lowest BCUT2D eigenvalue weighted by atomic mass is 9.95. The fourth-order valence-electron chi connectivity index (χ4n) is 4.08. The first-order valence-corrected chi connectivity index (χ1v) is 10.6. The van der Waals surface area contributed by atoms with Crippen LogP contribution in [0.15, 0.2) is 97.2 Å². The molecule has 4 heteroatoms. The second kappa shape index (κ2) is 8.75. The summed E-state index contributed by atoms with van der Waals surface area (Å²) in [4.78, 5) is 4.62. The van der Waals surface area contributed by atoms with Crippen LogP contribution >= 0.6 is 0 Å². The van der Waals surface area contributed by atoms with Crippen molar-refractivity contribution >= 4 is 10.9 Å². The molecular weight excluding hydrogens is 413 g/mol. The number of hydrogen-bond donors (Lipinski definition) is 0. The van der Waals surface area contributed by atoms with Gasteiger partial charge in [-0.2, -0.15) is 0 Å². The molecule has 5 rings (SSSR count). The molecule has 0 N–H and O–H groups in total. The van der Waals surface area contributed by atoms with Crippen LogP contribution in [-0.2, 0) is 0 Å². The first-order valence-electron chi connectivity index (χ1n) is 10.6. The molecule has 0 radical (unpaired) electrons. The third-order valence-electron chi connectivity index (χ3n) is 5.75. The van der Waals surface area contributed by atoms with E-state index in [9.17, 15) is 4.39 Å². The Morgan fingerprint density at radius 2 is 1.42 bits per heavy atom. The summed E-state index contributed by atoms with van der Waals surface area (Å²) in [5, 5.41) is 1.07. The smallest absolute Gasteiger partial charge is 0.168 e. The second-order valence-electron chi connectivity index (χ2n) is 7.76. The Bertz CT molecular complexity index is 1440. The Morgan fingerprint density at radius 3 is 2.21 bits per heavy atom. The van der Waals surface area contributed by atoms with Gasteiger partial charge in [0.2, 0.25) is 0 Å². The summed E-state index contributed by atoms with van der Waals surface area (Å²) in [7, 11) is 3.28. The molecule has 0 unspecified atom stereocenters. The Kier molecular flexibility index (Phi) is 5.49. The van der Waals surface area contributed by atoms with Crippen LogP contribution in [0, 0.1) is 5.82 Å². The van der Waals surface area contributed by atoms with Gasteiger partial charge in [0, 0.05) is 22.7 Å². The quantitative estimate of drug-likeness (QED) is 0.288. The highest BCUT2D eigenvalue weighted by atomic mass is 19.1. The zero-order valence-electron chi connectivity index (χ0n) is 18.4. The number of pyridine rings is 1. The van der Waals surface area contributed by atoms with E-state index in [1.165, 1.54) is 12.1 Å². The lowest BCUT2D eigenvalue weighted by molar-refractivity contribution is 0.356. The van der Waals surface area contributed by atoms with E-state index >= 15 is 0 Å². The van der Waals surface area contributed by atoms with Crippen LogP contribution in [0.5, 0.6) is 11.5 Å². The standard InChI is InChI=1S/C29H22FNO2/c1-32-28-17-23(24-15-22-6-3-4-9-27(22)31-18-24)16-26(29(28)33-2)21-8-5-7-20(14-21)19-10-12-25(30)13-11-19/h3-18H,1-2H3. The van der Waals surface area contributed by atoms with E-state index in [2.05, 4.69) is 29.2 Å². The number of aromatic nitrogens is 1. The maximum atomic E-state index is 13.4. The molecule has 162 valence electrons.